The molecule has 0 saturated carbocycles. The zero-order chi connectivity index (χ0) is 17.4. The fourth-order valence-electron chi connectivity index (χ4n) is 2.38. The van der Waals surface area contributed by atoms with Gasteiger partial charge in [0.15, 0.2) is 0 Å². The fraction of sp³-hybridized carbons (Fsp3) is 0.500. The molecule has 1 unspecified atom stereocenters. The van der Waals surface area contributed by atoms with Crippen molar-refractivity contribution >= 4 is 9.84 Å². The summed E-state index contributed by atoms with van der Waals surface area (Å²) in [7, 11) is -1.95. The van der Waals surface area contributed by atoms with E-state index < -0.39 is 9.84 Å². The highest BCUT2D eigenvalue weighted by Gasteiger charge is 2.24. The van der Waals surface area contributed by atoms with Crippen molar-refractivity contribution in [2.45, 2.75) is 50.1 Å². The molecule has 0 aliphatic heterocycles. The highest BCUT2D eigenvalue weighted by Crippen LogP contribution is 2.23. The van der Waals surface area contributed by atoms with Crippen molar-refractivity contribution in [2.75, 3.05) is 0 Å². The Balaban J connectivity index is 2.28. The molecule has 1 heterocycles. The molecule has 0 aliphatic carbocycles. The summed E-state index contributed by atoms with van der Waals surface area (Å²) in [5.74, 6) is 0.342. The lowest BCUT2D eigenvalue weighted by Gasteiger charge is -2.19. The van der Waals surface area contributed by atoms with Gasteiger partial charge in [0.25, 0.3) is 0 Å². The standard InChI is InChI=1S/C16H24N4O2S/c1-11(17)14-18-19-15(20(14)5)23(21,22)10-12-6-8-13(9-7-12)16(2,3)4/h6-9,11H,10,17H2,1-5H3. The van der Waals surface area contributed by atoms with E-state index in [1.165, 1.54) is 4.57 Å². The number of nitrogens with two attached hydrogens (primary N) is 1. The van der Waals surface area contributed by atoms with Gasteiger partial charge >= 0.3 is 0 Å². The van der Waals surface area contributed by atoms with Gasteiger partial charge in [0, 0.05) is 7.05 Å². The third-order valence-corrected chi connectivity index (χ3v) is 5.36. The molecule has 0 radical (unpaired) electrons. The monoisotopic (exact) mass is 336 g/mol. The first kappa shape index (κ1) is 17.6. The molecule has 2 N–H and O–H groups in total. The third kappa shape index (κ3) is 3.79. The van der Waals surface area contributed by atoms with Crippen LogP contribution in [0, 0.1) is 0 Å². The number of hydrogen-bond donors (Lipinski definition) is 1. The van der Waals surface area contributed by atoms with Crippen LogP contribution in [0.5, 0.6) is 0 Å². The normalized spacial score (nSPS) is 14.0. The molecule has 0 bridgehead atoms. The van der Waals surface area contributed by atoms with Gasteiger partial charge < -0.3 is 10.3 Å². The van der Waals surface area contributed by atoms with Crippen LogP contribution < -0.4 is 5.73 Å². The predicted molar refractivity (Wildman–Crippen MR) is 89.6 cm³/mol. The molecular weight excluding hydrogens is 312 g/mol. The van der Waals surface area contributed by atoms with Crippen molar-refractivity contribution in [1.82, 2.24) is 14.8 Å². The van der Waals surface area contributed by atoms with Crippen LogP contribution in [0.4, 0.5) is 0 Å². The van der Waals surface area contributed by atoms with Crippen molar-refractivity contribution in [3.05, 3.63) is 41.2 Å². The van der Waals surface area contributed by atoms with Gasteiger partial charge in [0.05, 0.1) is 11.8 Å². The van der Waals surface area contributed by atoms with Crippen LogP contribution in [0.2, 0.25) is 0 Å². The molecule has 0 spiro atoms. The second kappa shape index (κ2) is 6.05. The topological polar surface area (TPSA) is 90.9 Å². The van der Waals surface area contributed by atoms with Crippen LogP contribution in [0.15, 0.2) is 29.4 Å². The maximum atomic E-state index is 12.6. The van der Waals surface area contributed by atoms with Gasteiger partial charge in [-0.15, -0.1) is 10.2 Å². The first-order chi connectivity index (χ1) is 10.5. The lowest BCUT2D eigenvalue weighted by atomic mass is 9.87. The van der Waals surface area contributed by atoms with E-state index in [4.69, 9.17) is 5.73 Å². The van der Waals surface area contributed by atoms with Crippen LogP contribution >= 0.6 is 0 Å². The Hall–Kier alpha value is -1.73. The summed E-state index contributed by atoms with van der Waals surface area (Å²) in [5.41, 5.74) is 7.69. The van der Waals surface area contributed by atoms with Gasteiger partial charge in [-0.3, -0.25) is 0 Å². The molecule has 0 aliphatic rings. The Kier molecular flexibility index (Phi) is 4.64. The molecular formula is C16H24N4O2S. The van der Waals surface area contributed by atoms with Crippen LogP contribution in [0.3, 0.4) is 0 Å². The van der Waals surface area contributed by atoms with Gasteiger partial charge in [-0.25, -0.2) is 8.42 Å². The van der Waals surface area contributed by atoms with Crippen LogP contribution in [-0.2, 0) is 28.1 Å². The molecule has 1 aromatic carbocycles. The van der Waals surface area contributed by atoms with E-state index in [2.05, 4.69) is 31.0 Å². The summed E-state index contributed by atoms with van der Waals surface area (Å²) in [6, 6.07) is 7.26. The van der Waals surface area contributed by atoms with Crippen LogP contribution in [-0.4, -0.2) is 23.2 Å². The molecule has 6 nitrogen and oxygen atoms in total. The summed E-state index contributed by atoms with van der Waals surface area (Å²) in [5, 5.41) is 7.63. The molecule has 126 valence electrons. The molecule has 23 heavy (non-hydrogen) atoms. The Morgan fingerprint density at radius 2 is 1.74 bits per heavy atom. The van der Waals surface area contributed by atoms with E-state index in [0.717, 1.165) is 11.1 Å². The Morgan fingerprint density at radius 1 is 1.17 bits per heavy atom. The maximum Gasteiger partial charge on any atom is 0.249 e. The smallest absolute Gasteiger partial charge is 0.249 e. The first-order valence-corrected chi connectivity index (χ1v) is 9.14. The zero-order valence-corrected chi connectivity index (χ0v) is 15.1. The molecule has 1 aromatic heterocycles. The number of aromatic nitrogens is 3. The largest absolute Gasteiger partial charge is 0.322 e. The third-order valence-electron chi connectivity index (χ3n) is 3.73. The summed E-state index contributed by atoms with van der Waals surface area (Å²) in [6.45, 7) is 8.10. The van der Waals surface area contributed by atoms with Crippen molar-refractivity contribution < 1.29 is 8.42 Å². The minimum Gasteiger partial charge on any atom is -0.322 e. The van der Waals surface area contributed by atoms with E-state index in [-0.39, 0.29) is 22.4 Å². The van der Waals surface area contributed by atoms with E-state index in [9.17, 15) is 8.42 Å². The minimum atomic E-state index is -3.57. The predicted octanol–water partition coefficient (Wildman–Crippen LogP) is 2.11. The number of benzene rings is 1. The Labute approximate surface area is 137 Å². The molecule has 7 heteroatoms. The highest BCUT2D eigenvalue weighted by atomic mass is 32.2. The maximum absolute atomic E-state index is 12.6. The molecule has 2 rings (SSSR count). The Morgan fingerprint density at radius 3 is 2.17 bits per heavy atom. The molecule has 1 atom stereocenters. The second-order valence-corrected chi connectivity index (χ2v) is 8.78. The summed E-state index contributed by atoms with van der Waals surface area (Å²) in [4.78, 5) is 0. The molecule has 2 aromatic rings. The van der Waals surface area contributed by atoms with Gasteiger partial charge in [-0.1, -0.05) is 45.0 Å². The van der Waals surface area contributed by atoms with Gasteiger partial charge in [0.2, 0.25) is 15.0 Å². The summed E-state index contributed by atoms with van der Waals surface area (Å²) in [6.07, 6.45) is 0. The SMILES string of the molecule is CC(N)c1nnc(S(=O)(=O)Cc2ccc(C(C)(C)C)cc2)n1C. The molecule has 0 amide bonds. The number of rotatable bonds is 4. The average molecular weight is 336 g/mol. The fourth-order valence-corrected chi connectivity index (χ4v) is 3.81. The van der Waals surface area contributed by atoms with Crippen LogP contribution in [0.1, 0.15) is 50.7 Å². The van der Waals surface area contributed by atoms with E-state index in [1.54, 1.807) is 14.0 Å². The minimum absolute atomic E-state index is 0.0349. The van der Waals surface area contributed by atoms with Crippen molar-refractivity contribution in [1.29, 1.82) is 0 Å². The summed E-state index contributed by atoms with van der Waals surface area (Å²) >= 11 is 0. The van der Waals surface area contributed by atoms with Gasteiger partial charge in [-0.2, -0.15) is 0 Å². The molecule has 0 saturated heterocycles. The quantitative estimate of drug-likeness (QED) is 0.923. The number of nitrogens with zero attached hydrogens (tertiary/aromatic N) is 3. The van der Waals surface area contributed by atoms with Gasteiger partial charge in [-0.05, 0) is 23.5 Å². The first-order valence-electron chi connectivity index (χ1n) is 7.49. The zero-order valence-electron chi connectivity index (χ0n) is 14.2. The second-order valence-electron chi connectivity index (χ2n) is 6.89. The van der Waals surface area contributed by atoms with E-state index in [0.29, 0.717) is 5.82 Å². The number of sulfone groups is 1. The van der Waals surface area contributed by atoms with Crippen molar-refractivity contribution in [3.63, 3.8) is 0 Å². The van der Waals surface area contributed by atoms with Crippen molar-refractivity contribution in [2.24, 2.45) is 12.8 Å². The van der Waals surface area contributed by atoms with E-state index >= 15 is 0 Å². The number of hydrogen-bond acceptors (Lipinski definition) is 5. The Bertz CT molecular complexity index is 784. The molecule has 0 fully saturated rings. The highest BCUT2D eigenvalue weighted by molar-refractivity contribution is 7.90. The lowest BCUT2D eigenvalue weighted by Crippen LogP contribution is -2.16. The lowest BCUT2D eigenvalue weighted by molar-refractivity contribution is 0.572. The van der Waals surface area contributed by atoms with Gasteiger partial charge in [0.1, 0.15) is 5.82 Å². The van der Waals surface area contributed by atoms with Crippen molar-refractivity contribution in [3.8, 4) is 0 Å². The van der Waals surface area contributed by atoms with Crippen LogP contribution in [0.25, 0.3) is 0 Å². The van der Waals surface area contributed by atoms with E-state index in [1.807, 2.05) is 24.3 Å². The summed E-state index contributed by atoms with van der Waals surface area (Å²) < 4.78 is 26.6. The average Bonchev–Trinajstić information content (AvgIpc) is 2.80.